The van der Waals surface area contributed by atoms with Crippen molar-refractivity contribution in [1.82, 2.24) is 4.90 Å². The van der Waals surface area contributed by atoms with Gasteiger partial charge < -0.3 is 5.32 Å². The molecular formula is C19H16ClFN2O5S. The summed E-state index contributed by atoms with van der Waals surface area (Å²) in [5.74, 6) is -3.22. The Balaban J connectivity index is 1.93. The molecule has 0 fully saturated rings. The molecule has 0 saturated heterocycles. The average molecular weight is 439 g/mol. The van der Waals surface area contributed by atoms with E-state index in [0.717, 1.165) is 23.3 Å². The van der Waals surface area contributed by atoms with Gasteiger partial charge in [0.15, 0.2) is 0 Å². The maximum atomic E-state index is 13.2. The van der Waals surface area contributed by atoms with Crippen molar-refractivity contribution in [3.63, 3.8) is 0 Å². The summed E-state index contributed by atoms with van der Waals surface area (Å²) in [6.45, 7) is 0. The molecule has 1 unspecified atom stereocenters. The number of hydrogen-bond acceptors (Lipinski definition) is 5. The molecule has 0 bridgehead atoms. The Morgan fingerprint density at radius 1 is 1.14 bits per heavy atom. The van der Waals surface area contributed by atoms with Crippen molar-refractivity contribution in [2.75, 3.05) is 17.3 Å². The van der Waals surface area contributed by atoms with Crippen molar-refractivity contribution in [3.8, 4) is 0 Å². The van der Waals surface area contributed by atoms with Crippen LogP contribution in [0.1, 0.15) is 27.1 Å². The summed E-state index contributed by atoms with van der Waals surface area (Å²) in [4.78, 5) is 39.1. The minimum Gasteiger partial charge on any atom is -0.323 e. The first kappa shape index (κ1) is 20.9. The van der Waals surface area contributed by atoms with E-state index < -0.39 is 45.2 Å². The standard InChI is InChI=1S/C19H16ClFN2O5S/c1-29(27,28)9-8-16(17(24)22-15-7-6-11(21)10-14(15)20)23-18(25)12-4-2-3-5-13(12)19(23)26/h2-7,10,16H,8-9H2,1H3,(H,22,24). The topological polar surface area (TPSA) is 101 Å². The number of nitrogens with one attached hydrogen (secondary N) is 1. The second kappa shape index (κ2) is 7.92. The monoisotopic (exact) mass is 438 g/mol. The molecule has 2 aromatic carbocycles. The lowest BCUT2D eigenvalue weighted by atomic mass is 10.1. The van der Waals surface area contributed by atoms with Crippen molar-refractivity contribution in [2.45, 2.75) is 12.5 Å². The zero-order valence-electron chi connectivity index (χ0n) is 15.2. The SMILES string of the molecule is CS(=O)(=O)CCC(C(=O)Nc1ccc(F)cc1Cl)N1C(=O)c2ccccc2C1=O. The van der Waals surface area contributed by atoms with Gasteiger partial charge in [-0.05, 0) is 36.8 Å². The largest absolute Gasteiger partial charge is 0.323 e. The summed E-state index contributed by atoms with van der Waals surface area (Å²) in [5, 5.41) is 2.36. The highest BCUT2D eigenvalue weighted by Crippen LogP contribution is 2.28. The van der Waals surface area contributed by atoms with Gasteiger partial charge in [-0.3, -0.25) is 19.3 Å². The Morgan fingerprint density at radius 2 is 1.72 bits per heavy atom. The van der Waals surface area contributed by atoms with Gasteiger partial charge in [0, 0.05) is 6.26 Å². The van der Waals surface area contributed by atoms with Crippen LogP contribution in [0, 0.1) is 5.82 Å². The summed E-state index contributed by atoms with van der Waals surface area (Å²) in [7, 11) is -3.48. The number of nitrogens with zero attached hydrogens (tertiary/aromatic N) is 1. The molecule has 0 aliphatic carbocycles. The second-order valence-corrected chi connectivity index (χ2v) is 9.24. The van der Waals surface area contributed by atoms with E-state index in [-0.39, 0.29) is 28.3 Å². The third-order valence-electron chi connectivity index (χ3n) is 4.39. The Hall–Kier alpha value is -2.78. The number of imide groups is 1. The first-order chi connectivity index (χ1) is 13.6. The number of halogens is 2. The summed E-state index contributed by atoms with van der Waals surface area (Å²) < 4.78 is 36.5. The smallest absolute Gasteiger partial charge is 0.262 e. The van der Waals surface area contributed by atoms with E-state index in [1.807, 2.05) is 0 Å². The molecule has 0 saturated carbocycles. The van der Waals surface area contributed by atoms with Crippen molar-refractivity contribution in [2.24, 2.45) is 0 Å². The minimum absolute atomic E-state index is 0.0685. The van der Waals surface area contributed by atoms with Gasteiger partial charge in [0.1, 0.15) is 21.7 Å². The van der Waals surface area contributed by atoms with Gasteiger partial charge in [-0.1, -0.05) is 23.7 Å². The van der Waals surface area contributed by atoms with Crippen molar-refractivity contribution in [1.29, 1.82) is 0 Å². The van der Waals surface area contributed by atoms with Gasteiger partial charge in [0.05, 0.1) is 27.6 Å². The van der Waals surface area contributed by atoms with E-state index in [1.54, 1.807) is 12.1 Å². The number of rotatable bonds is 6. The number of fused-ring (bicyclic) bond motifs is 1. The summed E-state index contributed by atoms with van der Waals surface area (Å²) in [5.41, 5.74) is 0.336. The second-order valence-electron chi connectivity index (χ2n) is 6.57. The van der Waals surface area contributed by atoms with E-state index in [0.29, 0.717) is 0 Å². The van der Waals surface area contributed by atoms with E-state index in [1.165, 1.54) is 18.2 Å². The van der Waals surface area contributed by atoms with Crippen LogP contribution in [0.25, 0.3) is 0 Å². The molecule has 1 N–H and O–H groups in total. The number of benzene rings is 2. The zero-order chi connectivity index (χ0) is 21.3. The van der Waals surface area contributed by atoms with Gasteiger partial charge in [-0.25, -0.2) is 12.8 Å². The molecule has 1 heterocycles. The maximum absolute atomic E-state index is 13.2. The van der Waals surface area contributed by atoms with Crippen LogP contribution in [0.3, 0.4) is 0 Å². The number of carbonyl (C=O) groups is 3. The van der Waals surface area contributed by atoms with E-state index >= 15 is 0 Å². The molecule has 0 spiro atoms. The van der Waals surface area contributed by atoms with E-state index in [4.69, 9.17) is 11.6 Å². The number of hydrogen-bond donors (Lipinski definition) is 1. The number of anilines is 1. The van der Waals surface area contributed by atoms with Gasteiger partial charge in [0.2, 0.25) is 5.91 Å². The zero-order valence-corrected chi connectivity index (χ0v) is 16.8. The lowest BCUT2D eigenvalue weighted by Gasteiger charge is -2.25. The summed E-state index contributed by atoms with van der Waals surface area (Å²) in [6.07, 6.45) is 0.691. The number of carbonyl (C=O) groups excluding carboxylic acids is 3. The fourth-order valence-electron chi connectivity index (χ4n) is 3.00. The average Bonchev–Trinajstić information content (AvgIpc) is 2.89. The molecule has 7 nitrogen and oxygen atoms in total. The predicted molar refractivity (Wildman–Crippen MR) is 105 cm³/mol. The van der Waals surface area contributed by atoms with Crippen LogP contribution in [0.2, 0.25) is 5.02 Å². The maximum Gasteiger partial charge on any atom is 0.262 e. The Labute approximate surface area is 171 Å². The molecule has 1 aliphatic rings. The molecule has 3 amide bonds. The van der Waals surface area contributed by atoms with Gasteiger partial charge in [-0.15, -0.1) is 0 Å². The first-order valence-corrected chi connectivity index (χ1v) is 10.9. The summed E-state index contributed by atoms with van der Waals surface area (Å²) in [6, 6.07) is 7.98. The lowest BCUT2D eigenvalue weighted by Crippen LogP contribution is -2.48. The molecule has 2 aromatic rings. The molecule has 1 aliphatic heterocycles. The Morgan fingerprint density at radius 3 is 2.24 bits per heavy atom. The van der Waals surface area contributed by atoms with E-state index in [2.05, 4.69) is 5.32 Å². The highest BCUT2D eigenvalue weighted by Gasteiger charge is 2.42. The minimum atomic E-state index is -3.48. The highest BCUT2D eigenvalue weighted by atomic mass is 35.5. The number of sulfone groups is 1. The fraction of sp³-hybridized carbons (Fsp3) is 0.211. The van der Waals surface area contributed by atoms with Gasteiger partial charge in [-0.2, -0.15) is 0 Å². The third-order valence-corrected chi connectivity index (χ3v) is 5.68. The summed E-state index contributed by atoms with van der Waals surface area (Å²) >= 11 is 5.92. The molecule has 10 heteroatoms. The fourth-order valence-corrected chi connectivity index (χ4v) is 3.87. The molecule has 0 aromatic heterocycles. The normalized spacial score (nSPS) is 14.7. The lowest BCUT2D eigenvalue weighted by molar-refractivity contribution is -0.120. The molecule has 0 radical (unpaired) electrons. The van der Waals surface area contributed by atoms with Crippen LogP contribution in [-0.4, -0.2) is 49.1 Å². The van der Waals surface area contributed by atoms with Gasteiger partial charge >= 0.3 is 0 Å². The molecule has 3 rings (SSSR count). The van der Waals surface area contributed by atoms with Crippen LogP contribution in [0.4, 0.5) is 10.1 Å². The predicted octanol–water partition coefficient (Wildman–Crippen LogP) is 2.52. The highest BCUT2D eigenvalue weighted by molar-refractivity contribution is 7.90. The van der Waals surface area contributed by atoms with Crippen LogP contribution >= 0.6 is 11.6 Å². The van der Waals surface area contributed by atoms with Crippen LogP contribution < -0.4 is 5.32 Å². The van der Waals surface area contributed by atoms with Gasteiger partial charge in [0.25, 0.3) is 11.8 Å². The quantitative estimate of drug-likeness (QED) is 0.698. The van der Waals surface area contributed by atoms with Crippen LogP contribution in [-0.2, 0) is 14.6 Å². The third kappa shape index (κ3) is 4.46. The molecular weight excluding hydrogens is 423 g/mol. The van der Waals surface area contributed by atoms with Crippen molar-refractivity contribution in [3.05, 3.63) is 64.4 Å². The molecule has 152 valence electrons. The Bertz CT molecular complexity index is 1080. The number of amides is 3. The van der Waals surface area contributed by atoms with Crippen molar-refractivity contribution >= 4 is 44.8 Å². The van der Waals surface area contributed by atoms with Crippen LogP contribution in [0.5, 0.6) is 0 Å². The first-order valence-electron chi connectivity index (χ1n) is 8.49. The van der Waals surface area contributed by atoms with Crippen LogP contribution in [0.15, 0.2) is 42.5 Å². The molecule has 29 heavy (non-hydrogen) atoms. The molecule has 1 atom stereocenters. The van der Waals surface area contributed by atoms with Crippen molar-refractivity contribution < 1.29 is 27.2 Å². The Kier molecular flexibility index (Phi) is 5.72. The van der Waals surface area contributed by atoms with E-state index in [9.17, 15) is 27.2 Å².